The van der Waals surface area contributed by atoms with Gasteiger partial charge < -0.3 is 15.0 Å². The number of carbonyl (C=O) groups is 1. The summed E-state index contributed by atoms with van der Waals surface area (Å²) in [6.45, 7) is 7.35. The molecule has 2 N–H and O–H groups in total. The summed E-state index contributed by atoms with van der Waals surface area (Å²) in [7, 11) is 0. The molecule has 1 amide bonds. The van der Waals surface area contributed by atoms with E-state index < -0.39 is 6.10 Å². The number of amides is 1. The Morgan fingerprint density at radius 1 is 1.25 bits per heavy atom. The summed E-state index contributed by atoms with van der Waals surface area (Å²) in [6.07, 6.45) is -0.685. The molecule has 0 bridgehead atoms. The van der Waals surface area contributed by atoms with Gasteiger partial charge in [0.25, 0.3) is 11.5 Å². The van der Waals surface area contributed by atoms with E-state index in [4.69, 9.17) is 16.3 Å². The number of aryl methyl sites for hydroxylation is 3. The summed E-state index contributed by atoms with van der Waals surface area (Å²) in [5.41, 5.74) is 2.85. The molecule has 1 aromatic carbocycles. The number of hydrogen-bond acceptors (Lipinski definition) is 3. The number of nitrogens with one attached hydrogen (secondary N) is 2. The van der Waals surface area contributed by atoms with Gasteiger partial charge in [-0.3, -0.25) is 9.59 Å². The van der Waals surface area contributed by atoms with Crippen molar-refractivity contribution in [2.75, 3.05) is 0 Å². The highest BCUT2D eigenvalue weighted by Gasteiger charge is 2.16. The molecule has 0 saturated heterocycles. The Bertz CT molecular complexity index is 814. The number of aromatic amines is 1. The van der Waals surface area contributed by atoms with Crippen molar-refractivity contribution in [2.45, 2.75) is 40.3 Å². The second kappa shape index (κ2) is 7.53. The van der Waals surface area contributed by atoms with Gasteiger partial charge in [-0.2, -0.15) is 0 Å². The lowest BCUT2D eigenvalue weighted by molar-refractivity contribution is -0.127. The van der Waals surface area contributed by atoms with E-state index in [2.05, 4.69) is 10.3 Å². The van der Waals surface area contributed by atoms with Gasteiger partial charge in [0.05, 0.1) is 0 Å². The topological polar surface area (TPSA) is 71.2 Å². The molecule has 0 unspecified atom stereocenters. The first-order chi connectivity index (χ1) is 11.3. The minimum absolute atomic E-state index is 0.160. The number of pyridine rings is 1. The zero-order valence-corrected chi connectivity index (χ0v) is 15.0. The molecule has 1 atom stereocenters. The largest absolute Gasteiger partial charge is 0.481 e. The van der Waals surface area contributed by atoms with E-state index >= 15 is 0 Å². The Hall–Kier alpha value is -2.27. The number of rotatable bonds is 5. The van der Waals surface area contributed by atoms with Crippen LogP contribution in [0.1, 0.15) is 29.3 Å². The Morgan fingerprint density at radius 3 is 2.58 bits per heavy atom. The van der Waals surface area contributed by atoms with Crippen LogP contribution < -0.4 is 15.6 Å². The number of H-pyrrole nitrogens is 1. The predicted octanol–water partition coefficient (Wildman–Crippen LogP) is 3.04. The first kappa shape index (κ1) is 18.1. The van der Waals surface area contributed by atoms with Crippen molar-refractivity contribution in [1.29, 1.82) is 0 Å². The lowest BCUT2D eigenvalue weighted by Gasteiger charge is -2.16. The summed E-state index contributed by atoms with van der Waals surface area (Å²) in [5.74, 6) is 0.315. The van der Waals surface area contributed by atoms with Crippen molar-refractivity contribution < 1.29 is 9.53 Å². The molecule has 0 aliphatic heterocycles. The molecule has 128 valence electrons. The van der Waals surface area contributed by atoms with E-state index in [0.717, 1.165) is 16.8 Å². The fourth-order valence-electron chi connectivity index (χ4n) is 2.41. The maximum atomic E-state index is 12.2. The van der Waals surface area contributed by atoms with Crippen LogP contribution in [0.15, 0.2) is 29.1 Å². The highest BCUT2D eigenvalue weighted by Crippen LogP contribution is 2.22. The zero-order chi connectivity index (χ0) is 17.9. The van der Waals surface area contributed by atoms with Gasteiger partial charge >= 0.3 is 0 Å². The van der Waals surface area contributed by atoms with Crippen LogP contribution >= 0.6 is 11.6 Å². The molecule has 0 aliphatic carbocycles. The van der Waals surface area contributed by atoms with Crippen molar-refractivity contribution >= 4 is 17.5 Å². The Morgan fingerprint density at radius 2 is 1.96 bits per heavy atom. The molecule has 2 aromatic rings. The molecule has 5 nitrogen and oxygen atoms in total. The van der Waals surface area contributed by atoms with E-state index in [0.29, 0.717) is 16.3 Å². The quantitative estimate of drug-likeness (QED) is 0.872. The summed E-state index contributed by atoms with van der Waals surface area (Å²) >= 11 is 5.91. The average molecular weight is 349 g/mol. The van der Waals surface area contributed by atoms with E-state index in [1.807, 2.05) is 26.8 Å². The third-order valence-corrected chi connectivity index (χ3v) is 3.98. The molecular formula is C18H21ClN2O3. The second-order valence-electron chi connectivity index (χ2n) is 5.83. The van der Waals surface area contributed by atoms with Crippen LogP contribution in [-0.4, -0.2) is 17.0 Å². The van der Waals surface area contributed by atoms with Crippen LogP contribution in [-0.2, 0) is 11.3 Å². The van der Waals surface area contributed by atoms with E-state index in [1.54, 1.807) is 25.1 Å². The van der Waals surface area contributed by atoms with Crippen molar-refractivity contribution in [2.24, 2.45) is 0 Å². The van der Waals surface area contributed by atoms with Crippen LogP contribution in [0.2, 0.25) is 5.02 Å². The third kappa shape index (κ3) is 4.38. The van der Waals surface area contributed by atoms with Gasteiger partial charge in [-0.1, -0.05) is 11.6 Å². The molecule has 2 rings (SSSR count). The van der Waals surface area contributed by atoms with Gasteiger partial charge in [0.15, 0.2) is 6.10 Å². The van der Waals surface area contributed by atoms with Crippen molar-refractivity contribution in [3.8, 4) is 5.75 Å². The van der Waals surface area contributed by atoms with E-state index in [-0.39, 0.29) is 18.0 Å². The third-order valence-electron chi connectivity index (χ3n) is 3.74. The number of ether oxygens (including phenoxy) is 1. The number of carbonyl (C=O) groups excluding carboxylic acids is 1. The lowest BCUT2D eigenvalue weighted by Crippen LogP contribution is -2.37. The number of aromatic nitrogens is 1. The molecule has 0 spiro atoms. The number of benzene rings is 1. The van der Waals surface area contributed by atoms with Gasteiger partial charge in [0, 0.05) is 22.8 Å². The minimum atomic E-state index is -0.685. The van der Waals surface area contributed by atoms with Crippen LogP contribution in [0.3, 0.4) is 0 Å². The fourth-order valence-corrected chi connectivity index (χ4v) is 2.64. The SMILES string of the molecule is Cc1cc(C)c(CNC(=O)[C@@H](C)Oc2ccc(Cl)cc2C)c(=O)[nH]1. The molecule has 1 heterocycles. The van der Waals surface area contributed by atoms with Gasteiger partial charge in [-0.15, -0.1) is 0 Å². The summed E-state index contributed by atoms with van der Waals surface area (Å²) in [4.78, 5) is 26.9. The smallest absolute Gasteiger partial charge is 0.261 e. The monoisotopic (exact) mass is 348 g/mol. The van der Waals surface area contributed by atoms with Crippen molar-refractivity contribution in [3.05, 3.63) is 62.0 Å². The van der Waals surface area contributed by atoms with Crippen molar-refractivity contribution in [3.63, 3.8) is 0 Å². The summed E-state index contributed by atoms with van der Waals surface area (Å²) in [6, 6.07) is 7.09. The maximum absolute atomic E-state index is 12.2. The molecule has 6 heteroatoms. The van der Waals surface area contributed by atoms with Gasteiger partial charge in [-0.05, 0) is 63.1 Å². The first-order valence-corrected chi connectivity index (χ1v) is 8.05. The Kier molecular flexibility index (Phi) is 5.67. The van der Waals surface area contributed by atoms with E-state index in [9.17, 15) is 9.59 Å². The van der Waals surface area contributed by atoms with Crippen LogP contribution in [0, 0.1) is 20.8 Å². The fraction of sp³-hybridized carbons (Fsp3) is 0.333. The van der Waals surface area contributed by atoms with Crippen LogP contribution in [0.4, 0.5) is 0 Å². The first-order valence-electron chi connectivity index (χ1n) is 7.68. The zero-order valence-electron chi connectivity index (χ0n) is 14.2. The minimum Gasteiger partial charge on any atom is -0.481 e. The van der Waals surface area contributed by atoms with Gasteiger partial charge in [-0.25, -0.2) is 0 Å². The molecule has 0 radical (unpaired) electrons. The molecule has 0 fully saturated rings. The van der Waals surface area contributed by atoms with Gasteiger partial charge in [0.1, 0.15) is 5.75 Å². The predicted molar refractivity (Wildman–Crippen MR) is 94.7 cm³/mol. The Balaban J connectivity index is 2.01. The number of halogens is 1. The van der Waals surface area contributed by atoms with Crippen LogP contribution in [0.5, 0.6) is 5.75 Å². The normalized spacial score (nSPS) is 11.9. The average Bonchev–Trinajstić information content (AvgIpc) is 2.48. The highest BCUT2D eigenvalue weighted by atomic mass is 35.5. The number of hydrogen-bond donors (Lipinski definition) is 2. The maximum Gasteiger partial charge on any atom is 0.261 e. The molecule has 24 heavy (non-hydrogen) atoms. The second-order valence-corrected chi connectivity index (χ2v) is 6.27. The molecular weight excluding hydrogens is 328 g/mol. The Labute approximate surface area is 146 Å². The van der Waals surface area contributed by atoms with Crippen LogP contribution in [0.25, 0.3) is 0 Å². The molecule has 0 saturated carbocycles. The molecule has 0 aliphatic rings. The standard InChI is InChI=1S/C18H21ClN2O3/c1-10-7-12(3)21-18(23)15(10)9-20-17(22)13(4)24-16-6-5-14(19)8-11(16)2/h5-8,13H,9H2,1-4H3,(H,20,22)(H,21,23)/t13-/m1/s1. The molecule has 1 aromatic heterocycles. The van der Waals surface area contributed by atoms with Gasteiger partial charge in [0.2, 0.25) is 0 Å². The summed E-state index contributed by atoms with van der Waals surface area (Å²) < 4.78 is 5.67. The highest BCUT2D eigenvalue weighted by molar-refractivity contribution is 6.30. The van der Waals surface area contributed by atoms with E-state index in [1.165, 1.54) is 0 Å². The lowest BCUT2D eigenvalue weighted by atomic mass is 10.1. The van der Waals surface area contributed by atoms with Crippen molar-refractivity contribution in [1.82, 2.24) is 10.3 Å². The summed E-state index contributed by atoms with van der Waals surface area (Å²) in [5, 5.41) is 3.36.